The van der Waals surface area contributed by atoms with Crippen molar-refractivity contribution in [2.45, 2.75) is 50.8 Å². The van der Waals surface area contributed by atoms with E-state index in [9.17, 15) is 8.42 Å². The standard InChI is InChI=1S/C19H25N3O2S/c1-14-18(19(2,3)4)21-17(13-20-14)15-8-7-9-16(12-15)25(23,24)22-10-5-6-11-22/h7-9,12-13H,5-6,10-11H2,1-4H3. The van der Waals surface area contributed by atoms with E-state index >= 15 is 0 Å². The monoisotopic (exact) mass is 359 g/mol. The van der Waals surface area contributed by atoms with Crippen LogP contribution in [-0.4, -0.2) is 35.8 Å². The van der Waals surface area contributed by atoms with Crippen LogP contribution in [0.5, 0.6) is 0 Å². The van der Waals surface area contributed by atoms with Crippen LogP contribution < -0.4 is 0 Å². The van der Waals surface area contributed by atoms with Gasteiger partial charge in [0.05, 0.1) is 28.2 Å². The van der Waals surface area contributed by atoms with Crippen molar-refractivity contribution in [3.63, 3.8) is 0 Å². The van der Waals surface area contributed by atoms with Gasteiger partial charge in [0.2, 0.25) is 10.0 Å². The molecule has 0 bridgehead atoms. The minimum Gasteiger partial charge on any atom is -0.257 e. The fourth-order valence-corrected chi connectivity index (χ4v) is 4.76. The number of hydrogen-bond acceptors (Lipinski definition) is 4. The Bertz CT molecular complexity index is 880. The number of benzene rings is 1. The predicted octanol–water partition coefficient (Wildman–Crippen LogP) is 3.53. The first-order chi connectivity index (χ1) is 11.7. The molecule has 0 saturated carbocycles. The van der Waals surface area contributed by atoms with Crippen LogP contribution in [0.15, 0.2) is 35.4 Å². The second-order valence-corrected chi connectivity index (χ2v) is 9.52. The molecule has 1 aromatic carbocycles. The molecule has 0 atom stereocenters. The van der Waals surface area contributed by atoms with Crippen molar-refractivity contribution in [2.75, 3.05) is 13.1 Å². The number of rotatable bonds is 3. The van der Waals surface area contributed by atoms with Gasteiger partial charge in [0.1, 0.15) is 0 Å². The molecule has 0 spiro atoms. The molecule has 2 aromatic rings. The molecule has 1 aromatic heterocycles. The number of aromatic nitrogens is 2. The Morgan fingerprint density at radius 2 is 1.80 bits per heavy atom. The summed E-state index contributed by atoms with van der Waals surface area (Å²) in [7, 11) is -3.43. The molecular formula is C19H25N3O2S. The second kappa shape index (κ2) is 6.50. The van der Waals surface area contributed by atoms with Crippen LogP contribution in [0.3, 0.4) is 0 Å². The van der Waals surface area contributed by atoms with Crippen molar-refractivity contribution < 1.29 is 8.42 Å². The molecule has 0 aliphatic carbocycles. The van der Waals surface area contributed by atoms with Gasteiger partial charge in [-0.15, -0.1) is 0 Å². The molecule has 2 heterocycles. The SMILES string of the molecule is Cc1ncc(-c2cccc(S(=O)(=O)N3CCCC3)c2)nc1C(C)(C)C. The molecule has 1 aliphatic rings. The summed E-state index contributed by atoms with van der Waals surface area (Å²) in [5.41, 5.74) is 3.19. The van der Waals surface area contributed by atoms with Gasteiger partial charge in [-0.05, 0) is 31.9 Å². The van der Waals surface area contributed by atoms with Crippen LogP contribution >= 0.6 is 0 Å². The summed E-state index contributed by atoms with van der Waals surface area (Å²) in [5.74, 6) is 0. The van der Waals surface area contributed by atoms with Gasteiger partial charge in [-0.2, -0.15) is 4.31 Å². The lowest BCUT2D eigenvalue weighted by molar-refractivity contribution is 0.477. The fraction of sp³-hybridized carbons (Fsp3) is 0.474. The smallest absolute Gasteiger partial charge is 0.243 e. The Hall–Kier alpha value is -1.79. The molecule has 1 aliphatic heterocycles. The minimum absolute atomic E-state index is 0.119. The summed E-state index contributed by atoms with van der Waals surface area (Å²) < 4.78 is 27.1. The molecule has 0 amide bonds. The summed E-state index contributed by atoms with van der Waals surface area (Å²) in [6.45, 7) is 9.45. The maximum absolute atomic E-state index is 12.8. The lowest BCUT2D eigenvalue weighted by Crippen LogP contribution is -2.27. The predicted molar refractivity (Wildman–Crippen MR) is 98.9 cm³/mol. The highest BCUT2D eigenvalue weighted by atomic mass is 32.2. The second-order valence-electron chi connectivity index (χ2n) is 7.58. The number of sulfonamides is 1. The van der Waals surface area contributed by atoms with Gasteiger partial charge in [0.15, 0.2) is 0 Å². The Labute approximate surface area is 150 Å². The largest absolute Gasteiger partial charge is 0.257 e. The molecule has 3 rings (SSSR count). The third-order valence-electron chi connectivity index (χ3n) is 4.50. The first kappa shape index (κ1) is 18.0. The van der Waals surface area contributed by atoms with E-state index in [2.05, 4.69) is 25.8 Å². The van der Waals surface area contributed by atoms with Gasteiger partial charge in [0, 0.05) is 24.1 Å². The van der Waals surface area contributed by atoms with Crippen molar-refractivity contribution in [2.24, 2.45) is 0 Å². The van der Waals surface area contributed by atoms with Crippen molar-refractivity contribution >= 4 is 10.0 Å². The lowest BCUT2D eigenvalue weighted by Gasteiger charge is -2.20. The zero-order valence-electron chi connectivity index (χ0n) is 15.3. The Kier molecular flexibility index (Phi) is 4.68. The quantitative estimate of drug-likeness (QED) is 0.841. The van der Waals surface area contributed by atoms with Crippen molar-refractivity contribution in [1.29, 1.82) is 0 Å². The number of aryl methyl sites for hydroxylation is 1. The molecule has 0 N–H and O–H groups in total. The van der Waals surface area contributed by atoms with Gasteiger partial charge >= 0.3 is 0 Å². The van der Waals surface area contributed by atoms with Crippen LogP contribution in [-0.2, 0) is 15.4 Å². The van der Waals surface area contributed by atoms with Gasteiger partial charge in [-0.3, -0.25) is 4.98 Å². The lowest BCUT2D eigenvalue weighted by atomic mass is 9.90. The van der Waals surface area contributed by atoms with E-state index in [0.29, 0.717) is 23.7 Å². The summed E-state index contributed by atoms with van der Waals surface area (Å²) in [6, 6.07) is 7.02. The van der Waals surface area contributed by atoms with E-state index in [1.54, 1.807) is 28.7 Å². The summed E-state index contributed by atoms with van der Waals surface area (Å²) >= 11 is 0. The molecule has 1 saturated heterocycles. The summed E-state index contributed by atoms with van der Waals surface area (Å²) in [4.78, 5) is 9.56. The highest BCUT2D eigenvalue weighted by molar-refractivity contribution is 7.89. The number of nitrogens with zero attached hydrogens (tertiary/aromatic N) is 3. The Morgan fingerprint density at radius 3 is 2.44 bits per heavy atom. The number of hydrogen-bond donors (Lipinski definition) is 0. The fourth-order valence-electron chi connectivity index (χ4n) is 3.19. The van der Waals surface area contributed by atoms with Gasteiger partial charge < -0.3 is 0 Å². The van der Waals surface area contributed by atoms with Crippen molar-refractivity contribution in [3.8, 4) is 11.3 Å². The van der Waals surface area contributed by atoms with Gasteiger partial charge in [-0.25, -0.2) is 13.4 Å². The third kappa shape index (κ3) is 3.60. The molecule has 5 nitrogen and oxygen atoms in total. The molecule has 25 heavy (non-hydrogen) atoms. The topological polar surface area (TPSA) is 63.2 Å². The Morgan fingerprint density at radius 1 is 1.12 bits per heavy atom. The van der Waals surface area contributed by atoms with E-state index in [1.807, 2.05) is 13.0 Å². The molecule has 6 heteroatoms. The van der Waals surface area contributed by atoms with E-state index in [-0.39, 0.29) is 5.41 Å². The van der Waals surface area contributed by atoms with Crippen molar-refractivity contribution in [1.82, 2.24) is 14.3 Å². The molecule has 134 valence electrons. The van der Waals surface area contributed by atoms with E-state index in [4.69, 9.17) is 4.98 Å². The van der Waals surface area contributed by atoms with Crippen molar-refractivity contribution in [3.05, 3.63) is 41.9 Å². The average Bonchev–Trinajstić information content (AvgIpc) is 3.09. The van der Waals surface area contributed by atoms with Crippen LogP contribution in [0, 0.1) is 6.92 Å². The maximum atomic E-state index is 12.8. The zero-order valence-corrected chi connectivity index (χ0v) is 16.1. The molecule has 0 unspecified atom stereocenters. The van der Waals surface area contributed by atoms with Crippen LogP contribution in [0.4, 0.5) is 0 Å². The Balaban J connectivity index is 2.03. The maximum Gasteiger partial charge on any atom is 0.243 e. The normalized spacial score (nSPS) is 16.3. The van der Waals surface area contributed by atoms with Crippen LogP contribution in [0.25, 0.3) is 11.3 Å². The summed E-state index contributed by atoms with van der Waals surface area (Å²) in [5, 5.41) is 0. The highest BCUT2D eigenvalue weighted by Crippen LogP contribution is 2.28. The van der Waals surface area contributed by atoms with E-state index in [0.717, 1.165) is 29.8 Å². The first-order valence-corrected chi connectivity index (χ1v) is 10.1. The van der Waals surface area contributed by atoms with Crippen LogP contribution in [0.2, 0.25) is 0 Å². The van der Waals surface area contributed by atoms with E-state index < -0.39 is 10.0 Å². The first-order valence-electron chi connectivity index (χ1n) is 8.64. The van der Waals surface area contributed by atoms with E-state index in [1.165, 1.54) is 0 Å². The minimum atomic E-state index is -3.43. The van der Waals surface area contributed by atoms with Crippen LogP contribution in [0.1, 0.15) is 45.0 Å². The van der Waals surface area contributed by atoms with Gasteiger partial charge in [-0.1, -0.05) is 32.9 Å². The highest BCUT2D eigenvalue weighted by Gasteiger charge is 2.27. The van der Waals surface area contributed by atoms with Gasteiger partial charge in [0.25, 0.3) is 0 Å². The zero-order chi connectivity index (χ0) is 18.2. The third-order valence-corrected chi connectivity index (χ3v) is 6.39. The molecule has 0 radical (unpaired) electrons. The molecule has 1 fully saturated rings. The molecular weight excluding hydrogens is 334 g/mol. The summed E-state index contributed by atoms with van der Waals surface area (Å²) in [6.07, 6.45) is 3.57. The average molecular weight is 359 g/mol.